The highest BCUT2D eigenvalue weighted by Gasteiger charge is 2.16. The van der Waals surface area contributed by atoms with E-state index in [4.69, 9.17) is 14.2 Å². The van der Waals surface area contributed by atoms with Crippen molar-refractivity contribution in [2.75, 3.05) is 20.4 Å². The molecule has 148 valence electrons. The minimum absolute atomic E-state index is 0.0828. The number of hydrogen-bond donors (Lipinski definition) is 1. The Bertz CT molecular complexity index is 835. The van der Waals surface area contributed by atoms with Gasteiger partial charge in [-0.05, 0) is 35.4 Å². The van der Waals surface area contributed by atoms with E-state index < -0.39 is 0 Å². The van der Waals surface area contributed by atoms with Gasteiger partial charge in [-0.1, -0.05) is 18.2 Å². The van der Waals surface area contributed by atoms with Crippen molar-refractivity contribution in [2.24, 2.45) is 0 Å². The largest absolute Gasteiger partial charge is 0.497 e. The molecule has 0 radical (unpaired) electrons. The fraction of sp³-hybridized carbons (Fsp3) is 0.333. The average Bonchev–Trinajstić information content (AvgIpc) is 3.17. The Morgan fingerprint density at radius 3 is 2.50 bits per heavy atom. The summed E-state index contributed by atoms with van der Waals surface area (Å²) in [6, 6.07) is 13.1. The summed E-state index contributed by atoms with van der Waals surface area (Å²) in [5.74, 6) is 1.97. The summed E-state index contributed by atoms with van der Waals surface area (Å²) in [4.78, 5) is 25.8. The van der Waals surface area contributed by atoms with Crippen LogP contribution in [0.3, 0.4) is 0 Å². The molecule has 1 aliphatic heterocycles. The summed E-state index contributed by atoms with van der Waals surface area (Å²) in [5.41, 5.74) is 1.91. The lowest BCUT2D eigenvalue weighted by atomic mass is 10.2. The summed E-state index contributed by atoms with van der Waals surface area (Å²) in [5, 5.41) is 2.87. The zero-order valence-corrected chi connectivity index (χ0v) is 16.1. The summed E-state index contributed by atoms with van der Waals surface area (Å²) < 4.78 is 15.8. The Labute approximate surface area is 164 Å². The van der Waals surface area contributed by atoms with E-state index in [9.17, 15) is 9.59 Å². The highest BCUT2D eigenvalue weighted by Crippen LogP contribution is 2.32. The van der Waals surface area contributed by atoms with Crippen molar-refractivity contribution in [2.45, 2.75) is 26.4 Å². The van der Waals surface area contributed by atoms with E-state index in [1.165, 1.54) is 6.92 Å². The molecule has 0 saturated carbocycles. The van der Waals surface area contributed by atoms with Crippen molar-refractivity contribution in [3.8, 4) is 17.2 Å². The molecular weight excluding hydrogens is 360 g/mol. The van der Waals surface area contributed by atoms with Crippen LogP contribution in [0, 0.1) is 0 Å². The average molecular weight is 384 g/mol. The zero-order chi connectivity index (χ0) is 19.9. The predicted octanol–water partition coefficient (Wildman–Crippen LogP) is 2.48. The SMILES string of the molecule is COc1ccc(CNC(=O)CCN(Cc2ccc3c(c2)OCO3)C(C)=O)cc1. The van der Waals surface area contributed by atoms with E-state index in [1.807, 2.05) is 42.5 Å². The van der Waals surface area contributed by atoms with Crippen LogP contribution in [0.15, 0.2) is 42.5 Å². The third-order valence-electron chi connectivity index (χ3n) is 4.51. The van der Waals surface area contributed by atoms with Gasteiger partial charge in [0.2, 0.25) is 18.6 Å². The van der Waals surface area contributed by atoms with Gasteiger partial charge in [-0.25, -0.2) is 0 Å². The number of carbonyl (C=O) groups excluding carboxylic acids is 2. The van der Waals surface area contributed by atoms with E-state index in [2.05, 4.69) is 5.32 Å². The van der Waals surface area contributed by atoms with E-state index in [0.29, 0.717) is 31.1 Å². The third-order valence-corrected chi connectivity index (χ3v) is 4.51. The first-order valence-electron chi connectivity index (χ1n) is 9.09. The minimum atomic E-state index is -0.104. The van der Waals surface area contributed by atoms with Gasteiger partial charge in [0, 0.05) is 33.0 Å². The smallest absolute Gasteiger partial charge is 0.231 e. The fourth-order valence-electron chi connectivity index (χ4n) is 2.88. The molecule has 2 amide bonds. The number of rotatable bonds is 8. The minimum Gasteiger partial charge on any atom is -0.497 e. The van der Waals surface area contributed by atoms with Gasteiger partial charge < -0.3 is 24.4 Å². The van der Waals surface area contributed by atoms with Gasteiger partial charge in [0.1, 0.15) is 5.75 Å². The zero-order valence-electron chi connectivity index (χ0n) is 16.1. The molecule has 0 fully saturated rings. The van der Waals surface area contributed by atoms with Gasteiger partial charge in [-0.15, -0.1) is 0 Å². The van der Waals surface area contributed by atoms with E-state index >= 15 is 0 Å². The molecule has 1 N–H and O–H groups in total. The van der Waals surface area contributed by atoms with Gasteiger partial charge in [0.25, 0.3) is 0 Å². The Hall–Kier alpha value is -3.22. The lowest BCUT2D eigenvalue weighted by Crippen LogP contribution is -2.33. The maximum absolute atomic E-state index is 12.2. The van der Waals surface area contributed by atoms with E-state index in [1.54, 1.807) is 12.0 Å². The van der Waals surface area contributed by atoms with Crippen LogP contribution in [0.2, 0.25) is 0 Å². The second-order valence-electron chi connectivity index (χ2n) is 6.50. The van der Waals surface area contributed by atoms with Gasteiger partial charge in [0.05, 0.1) is 7.11 Å². The lowest BCUT2D eigenvalue weighted by molar-refractivity contribution is -0.130. The number of nitrogens with zero attached hydrogens (tertiary/aromatic N) is 1. The topological polar surface area (TPSA) is 77.1 Å². The van der Waals surface area contributed by atoms with E-state index in [-0.39, 0.29) is 25.0 Å². The molecule has 1 aliphatic rings. The molecule has 28 heavy (non-hydrogen) atoms. The number of hydrogen-bond acceptors (Lipinski definition) is 5. The monoisotopic (exact) mass is 384 g/mol. The summed E-state index contributed by atoms with van der Waals surface area (Å²) in [6.07, 6.45) is 0.236. The molecular formula is C21H24N2O5. The molecule has 3 rings (SSSR count). The van der Waals surface area contributed by atoms with Crippen molar-refractivity contribution >= 4 is 11.8 Å². The molecule has 0 unspecified atom stereocenters. The first-order chi connectivity index (χ1) is 13.5. The molecule has 0 bridgehead atoms. The van der Waals surface area contributed by atoms with Gasteiger partial charge in [-0.3, -0.25) is 9.59 Å². The Morgan fingerprint density at radius 2 is 1.79 bits per heavy atom. The number of carbonyl (C=O) groups is 2. The number of amides is 2. The number of fused-ring (bicyclic) bond motifs is 1. The Kier molecular flexibility index (Phi) is 6.37. The summed E-state index contributed by atoms with van der Waals surface area (Å²) in [6.45, 7) is 2.91. The van der Waals surface area contributed by atoms with Crippen LogP contribution in [0.1, 0.15) is 24.5 Å². The van der Waals surface area contributed by atoms with Crippen molar-refractivity contribution in [1.29, 1.82) is 0 Å². The molecule has 0 spiro atoms. The van der Waals surface area contributed by atoms with Gasteiger partial charge >= 0.3 is 0 Å². The standard InChI is InChI=1S/C21H24N2O5/c1-15(24)23(13-17-5-8-19-20(11-17)28-14-27-19)10-9-21(25)22-12-16-3-6-18(26-2)7-4-16/h3-8,11H,9-10,12-14H2,1-2H3,(H,22,25). The molecule has 0 aromatic heterocycles. The molecule has 0 aliphatic carbocycles. The molecule has 1 heterocycles. The van der Waals surface area contributed by atoms with Crippen molar-refractivity contribution < 1.29 is 23.8 Å². The molecule has 7 nitrogen and oxygen atoms in total. The Balaban J connectivity index is 1.48. The van der Waals surface area contributed by atoms with Crippen LogP contribution >= 0.6 is 0 Å². The second-order valence-corrected chi connectivity index (χ2v) is 6.50. The maximum Gasteiger partial charge on any atom is 0.231 e. The maximum atomic E-state index is 12.2. The van der Waals surface area contributed by atoms with Crippen LogP contribution in [-0.4, -0.2) is 37.2 Å². The van der Waals surface area contributed by atoms with Crippen molar-refractivity contribution in [3.05, 3.63) is 53.6 Å². The highest BCUT2D eigenvalue weighted by atomic mass is 16.7. The number of methoxy groups -OCH3 is 1. The van der Waals surface area contributed by atoms with Crippen LogP contribution in [0.4, 0.5) is 0 Å². The van der Waals surface area contributed by atoms with Crippen LogP contribution in [-0.2, 0) is 22.7 Å². The first-order valence-corrected chi connectivity index (χ1v) is 9.09. The third kappa shape index (κ3) is 5.16. The highest BCUT2D eigenvalue weighted by molar-refractivity contribution is 5.78. The molecule has 2 aromatic carbocycles. The lowest BCUT2D eigenvalue weighted by Gasteiger charge is -2.21. The van der Waals surface area contributed by atoms with E-state index in [0.717, 1.165) is 16.9 Å². The fourth-order valence-corrected chi connectivity index (χ4v) is 2.88. The van der Waals surface area contributed by atoms with Crippen molar-refractivity contribution in [3.63, 3.8) is 0 Å². The predicted molar refractivity (Wildman–Crippen MR) is 103 cm³/mol. The molecule has 0 saturated heterocycles. The van der Waals surface area contributed by atoms with Crippen LogP contribution in [0.5, 0.6) is 17.2 Å². The molecule has 0 atom stereocenters. The number of ether oxygens (including phenoxy) is 3. The second kappa shape index (κ2) is 9.12. The van der Waals surface area contributed by atoms with Gasteiger partial charge in [0.15, 0.2) is 11.5 Å². The first kappa shape index (κ1) is 19.5. The van der Waals surface area contributed by atoms with Crippen LogP contribution < -0.4 is 19.5 Å². The summed E-state index contributed by atoms with van der Waals surface area (Å²) in [7, 11) is 1.61. The number of nitrogens with one attached hydrogen (secondary N) is 1. The molecule has 2 aromatic rings. The molecule has 7 heteroatoms. The van der Waals surface area contributed by atoms with Gasteiger partial charge in [-0.2, -0.15) is 0 Å². The van der Waals surface area contributed by atoms with Crippen LogP contribution in [0.25, 0.3) is 0 Å². The number of benzene rings is 2. The Morgan fingerprint density at radius 1 is 1.07 bits per heavy atom. The van der Waals surface area contributed by atoms with Crippen molar-refractivity contribution in [1.82, 2.24) is 10.2 Å². The quantitative estimate of drug-likeness (QED) is 0.757. The normalized spacial score (nSPS) is 11.8. The summed E-state index contributed by atoms with van der Waals surface area (Å²) >= 11 is 0.